The van der Waals surface area contributed by atoms with Crippen LogP contribution >= 0.6 is 11.8 Å². The van der Waals surface area contributed by atoms with Crippen molar-refractivity contribution in [1.29, 1.82) is 0 Å². The Labute approximate surface area is 157 Å². The van der Waals surface area contributed by atoms with Crippen molar-refractivity contribution < 1.29 is 9.53 Å². The molecule has 1 aromatic heterocycles. The number of nitrogens with zero attached hydrogens (tertiary/aromatic N) is 2. The SMILES string of the molecule is CCCSc1nc(=O)c2c(n1C)NC(=O)CC2c1cccc(OCC)c1. The lowest BCUT2D eigenvalue weighted by atomic mass is 9.86. The van der Waals surface area contributed by atoms with Gasteiger partial charge in [-0.3, -0.25) is 9.59 Å². The van der Waals surface area contributed by atoms with Gasteiger partial charge >= 0.3 is 0 Å². The van der Waals surface area contributed by atoms with Crippen molar-refractivity contribution >= 4 is 23.5 Å². The molecule has 0 aliphatic carbocycles. The summed E-state index contributed by atoms with van der Waals surface area (Å²) in [5.41, 5.74) is 1.16. The minimum Gasteiger partial charge on any atom is -0.494 e. The predicted molar refractivity (Wildman–Crippen MR) is 103 cm³/mol. The van der Waals surface area contributed by atoms with E-state index in [9.17, 15) is 9.59 Å². The van der Waals surface area contributed by atoms with E-state index in [2.05, 4.69) is 17.2 Å². The Morgan fingerprint density at radius 2 is 2.15 bits per heavy atom. The summed E-state index contributed by atoms with van der Waals surface area (Å²) in [5, 5.41) is 3.49. The summed E-state index contributed by atoms with van der Waals surface area (Å²) in [5.74, 6) is 1.73. The lowest BCUT2D eigenvalue weighted by Gasteiger charge is -2.27. The molecule has 1 aliphatic rings. The fraction of sp³-hybridized carbons (Fsp3) is 0.421. The monoisotopic (exact) mass is 373 g/mol. The van der Waals surface area contributed by atoms with Gasteiger partial charge in [-0.1, -0.05) is 30.8 Å². The number of carbonyl (C=O) groups excluding carboxylic acids is 1. The molecule has 0 radical (unpaired) electrons. The van der Waals surface area contributed by atoms with Crippen LogP contribution in [0.5, 0.6) is 5.75 Å². The second kappa shape index (κ2) is 7.95. The van der Waals surface area contributed by atoms with Crippen LogP contribution in [0.1, 0.15) is 43.7 Å². The maximum atomic E-state index is 12.8. The van der Waals surface area contributed by atoms with Crippen molar-refractivity contribution in [2.24, 2.45) is 7.05 Å². The normalized spacial score (nSPS) is 16.1. The Kier molecular flexibility index (Phi) is 5.66. The number of fused-ring (bicyclic) bond motifs is 1. The number of hydrogen-bond donors (Lipinski definition) is 1. The largest absolute Gasteiger partial charge is 0.494 e. The first kappa shape index (κ1) is 18.5. The van der Waals surface area contributed by atoms with Gasteiger partial charge in [0.1, 0.15) is 11.6 Å². The van der Waals surface area contributed by atoms with Crippen LogP contribution in [0.4, 0.5) is 5.82 Å². The van der Waals surface area contributed by atoms with E-state index < -0.39 is 0 Å². The highest BCUT2D eigenvalue weighted by Gasteiger charge is 2.32. The highest BCUT2D eigenvalue weighted by atomic mass is 32.2. The number of benzene rings is 1. The van der Waals surface area contributed by atoms with Gasteiger partial charge in [0.2, 0.25) is 5.91 Å². The maximum Gasteiger partial charge on any atom is 0.279 e. The predicted octanol–water partition coefficient (Wildman–Crippen LogP) is 3.16. The van der Waals surface area contributed by atoms with E-state index in [4.69, 9.17) is 4.74 Å². The first-order chi connectivity index (χ1) is 12.5. The van der Waals surface area contributed by atoms with Gasteiger partial charge in [0, 0.05) is 25.1 Å². The summed E-state index contributed by atoms with van der Waals surface area (Å²) in [6, 6.07) is 7.58. The fourth-order valence-electron chi connectivity index (χ4n) is 3.13. The van der Waals surface area contributed by atoms with Gasteiger partial charge in [0.25, 0.3) is 5.56 Å². The number of nitrogens with one attached hydrogen (secondary N) is 1. The zero-order valence-electron chi connectivity index (χ0n) is 15.2. The molecule has 0 bridgehead atoms. The summed E-state index contributed by atoms with van der Waals surface area (Å²) in [7, 11) is 1.84. The second-order valence-electron chi connectivity index (χ2n) is 6.18. The lowest BCUT2D eigenvalue weighted by molar-refractivity contribution is -0.116. The first-order valence-electron chi connectivity index (χ1n) is 8.81. The molecule has 1 aliphatic heterocycles. The number of aromatic nitrogens is 2. The van der Waals surface area contributed by atoms with Gasteiger partial charge in [-0.2, -0.15) is 4.98 Å². The molecular formula is C19H23N3O3S. The van der Waals surface area contributed by atoms with Gasteiger partial charge in [0.15, 0.2) is 5.16 Å². The van der Waals surface area contributed by atoms with E-state index >= 15 is 0 Å². The molecule has 0 saturated heterocycles. The molecule has 0 spiro atoms. The van der Waals surface area contributed by atoms with Crippen molar-refractivity contribution in [3.63, 3.8) is 0 Å². The molecule has 26 heavy (non-hydrogen) atoms. The third-order valence-electron chi connectivity index (χ3n) is 4.31. The average molecular weight is 373 g/mol. The van der Waals surface area contributed by atoms with E-state index in [1.165, 1.54) is 11.8 Å². The quantitative estimate of drug-likeness (QED) is 0.622. The van der Waals surface area contributed by atoms with Crippen LogP contribution in [-0.4, -0.2) is 27.8 Å². The molecule has 0 fully saturated rings. The van der Waals surface area contributed by atoms with E-state index in [1.807, 2.05) is 42.8 Å². The summed E-state index contributed by atoms with van der Waals surface area (Å²) in [4.78, 5) is 29.4. The van der Waals surface area contributed by atoms with Crippen LogP contribution in [0.2, 0.25) is 0 Å². The molecule has 1 amide bonds. The number of hydrogen-bond acceptors (Lipinski definition) is 5. The number of carbonyl (C=O) groups is 1. The number of anilines is 1. The van der Waals surface area contributed by atoms with Crippen LogP contribution in [0, 0.1) is 0 Å². The molecule has 1 atom stereocenters. The Morgan fingerprint density at radius 1 is 1.35 bits per heavy atom. The smallest absolute Gasteiger partial charge is 0.279 e. The van der Waals surface area contributed by atoms with E-state index in [0.29, 0.717) is 23.1 Å². The topological polar surface area (TPSA) is 73.2 Å². The zero-order chi connectivity index (χ0) is 18.7. The summed E-state index contributed by atoms with van der Waals surface area (Å²) in [6.45, 7) is 4.56. The molecule has 2 heterocycles. The summed E-state index contributed by atoms with van der Waals surface area (Å²) in [6.07, 6.45) is 1.21. The van der Waals surface area contributed by atoms with Crippen LogP contribution < -0.4 is 15.6 Å². The summed E-state index contributed by atoms with van der Waals surface area (Å²) >= 11 is 1.52. The molecule has 6 nitrogen and oxygen atoms in total. The van der Waals surface area contributed by atoms with Crippen molar-refractivity contribution in [2.45, 2.75) is 37.8 Å². The number of rotatable bonds is 6. The van der Waals surface area contributed by atoms with Gasteiger partial charge in [-0.05, 0) is 31.0 Å². The molecule has 1 aromatic carbocycles. The maximum absolute atomic E-state index is 12.8. The molecule has 3 rings (SSSR count). The Hall–Kier alpha value is -2.28. The van der Waals surface area contributed by atoms with Crippen LogP contribution in [-0.2, 0) is 11.8 Å². The van der Waals surface area contributed by atoms with Gasteiger partial charge < -0.3 is 14.6 Å². The molecule has 1 unspecified atom stereocenters. The molecule has 1 N–H and O–H groups in total. The zero-order valence-corrected chi connectivity index (χ0v) is 16.1. The highest BCUT2D eigenvalue weighted by Crippen LogP contribution is 2.36. The molecule has 7 heteroatoms. The number of thioether (sulfide) groups is 1. The van der Waals surface area contributed by atoms with E-state index in [-0.39, 0.29) is 23.8 Å². The number of ether oxygens (including phenoxy) is 1. The van der Waals surface area contributed by atoms with E-state index in [0.717, 1.165) is 23.5 Å². The lowest BCUT2D eigenvalue weighted by Crippen LogP contribution is -2.33. The minimum atomic E-state index is -0.324. The van der Waals surface area contributed by atoms with Crippen molar-refractivity contribution in [2.75, 3.05) is 17.7 Å². The Bertz CT molecular complexity index is 879. The Balaban J connectivity index is 2.09. The third-order valence-corrected chi connectivity index (χ3v) is 5.54. The average Bonchev–Trinajstić information content (AvgIpc) is 2.63. The fourth-order valence-corrected chi connectivity index (χ4v) is 3.95. The van der Waals surface area contributed by atoms with E-state index in [1.54, 1.807) is 0 Å². The highest BCUT2D eigenvalue weighted by molar-refractivity contribution is 7.99. The summed E-state index contributed by atoms with van der Waals surface area (Å²) < 4.78 is 7.38. The van der Waals surface area contributed by atoms with Gasteiger partial charge in [-0.25, -0.2) is 0 Å². The van der Waals surface area contributed by atoms with Crippen molar-refractivity contribution in [3.05, 3.63) is 45.7 Å². The first-order valence-corrected chi connectivity index (χ1v) is 9.80. The molecule has 138 valence electrons. The van der Waals surface area contributed by atoms with Crippen molar-refractivity contribution in [1.82, 2.24) is 9.55 Å². The van der Waals surface area contributed by atoms with Crippen molar-refractivity contribution in [3.8, 4) is 5.75 Å². The third kappa shape index (κ3) is 3.62. The molecule has 2 aromatic rings. The van der Waals surface area contributed by atoms with Crippen LogP contribution in [0.25, 0.3) is 0 Å². The standard InChI is InChI=1S/C19H23N3O3S/c1-4-9-26-19-21-18(24)16-14(11-15(23)20-17(16)22(19)3)12-7-6-8-13(10-12)25-5-2/h6-8,10,14H,4-5,9,11H2,1-3H3,(H,20,23). The molecular weight excluding hydrogens is 350 g/mol. The second-order valence-corrected chi connectivity index (χ2v) is 7.24. The minimum absolute atomic E-state index is 0.100. The molecule has 0 saturated carbocycles. The van der Waals surface area contributed by atoms with Gasteiger partial charge in [0.05, 0.1) is 12.2 Å². The number of amides is 1. The van der Waals surface area contributed by atoms with Crippen LogP contribution in [0.15, 0.2) is 34.2 Å². The van der Waals surface area contributed by atoms with Crippen LogP contribution in [0.3, 0.4) is 0 Å². The van der Waals surface area contributed by atoms with Gasteiger partial charge in [-0.15, -0.1) is 0 Å². The Morgan fingerprint density at radius 3 is 2.88 bits per heavy atom.